The normalized spacial score (nSPS) is 11.2. The molecule has 0 atom stereocenters. The fourth-order valence-corrected chi connectivity index (χ4v) is 4.62. The van der Waals surface area contributed by atoms with Gasteiger partial charge in [-0.25, -0.2) is 0 Å². The molecule has 3 aromatic carbocycles. The van der Waals surface area contributed by atoms with E-state index in [0.717, 1.165) is 27.9 Å². The van der Waals surface area contributed by atoms with Crippen LogP contribution in [-0.2, 0) is 11.3 Å². The lowest BCUT2D eigenvalue weighted by Gasteiger charge is -2.12. The van der Waals surface area contributed by atoms with Crippen LogP contribution in [0.5, 0.6) is 0 Å². The first kappa shape index (κ1) is 21.9. The third kappa shape index (κ3) is 4.20. The number of aryl methyl sites for hydroxylation is 2. The van der Waals surface area contributed by atoms with E-state index in [1.165, 1.54) is 11.8 Å². The Bertz CT molecular complexity index is 1570. The maximum Gasteiger partial charge on any atom is 0.263 e. The first-order valence-electron chi connectivity index (χ1n) is 10.9. The molecule has 0 saturated heterocycles. The molecule has 0 radical (unpaired) electrons. The molecular formula is C26H23N5O2S. The minimum absolute atomic E-state index is 0.120. The van der Waals surface area contributed by atoms with Gasteiger partial charge in [-0.2, -0.15) is 0 Å². The molecule has 2 heterocycles. The van der Waals surface area contributed by atoms with Crippen LogP contribution in [-0.4, -0.2) is 30.8 Å². The summed E-state index contributed by atoms with van der Waals surface area (Å²) in [6, 6.07) is 23.1. The van der Waals surface area contributed by atoms with E-state index in [-0.39, 0.29) is 17.2 Å². The van der Waals surface area contributed by atoms with E-state index in [9.17, 15) is 9.59 Å². The summed E-state index contributed by atoms with van der Waals surface area (Å²) in [5, 5.41) is 12.8. The smallest absolute Gasteiger partial charge is 0.263 e. The number of para-hydroxylation sites is 2. The predicted octanol–water partition coefficient (Wildman–Crippen LogP) is 4.44. The van der Waals surface area contributed by atoms with Crippen molar-refractivity contribution >= 4 is 40.0 Å². The van der Waals surface area contributed by atoms with Crippen LogP contribution in [0.2, 0.25) is 0 Å². The molecule has 8 heteroatoms. The first-order chi connectivity index (χ1) is 16.5. The summed E-state index contributed by atoms with van der Waals surface area (Å²) in [4.78, 5) is 25.9. The summed E-state index contributed by atoms with van der Waals surface area (Å²) < 4.78 is 3.49. The second-order valence-electron chi connectivity index (χ2n) is 8.16. The van der Waals surface area contributed by atoms with Crippen molar-refractivity contribution in [1.82, 2.24) is 19.2 Å². The van der Waals surface area contributed by atoms with Gasteiger partial charge in [-0.3, -0.25) is 18.6 Å². The number of anilines is 1. The number of nitrogens with one attached hydrogen (secondary N) is 1. The van der Waals surface area contributed by atoms with E-state index in [2.05, 4.69) is 15.5 Å². The van der Waals surface area contributed by atoms with Gasteiger partial charge in [-0.05, 0) is 43.2 Å². The number of amides is 1. The van der Waals surface area contributed by atoms with Crippen LogP contribution in [0.3, 0.4) is 0 Å². The fourth-order valence-electron chi connectivity index (χ4n) is 3.88. The summed E-state index contributed by atoms with van der Waals surface area (Å²) in [5.74, 6) is 0.486. The molecule has 0 aliphatic rings. The second-order valence-corrected chi connectivity index (χ2v) is 9.11. The zero-order valence-electron chi connectivity index (χ0n) is 18.9. The fraction of sp³-hybridized carbons (Fsp3) is 0.154. The van der Waals surface area contributed by atoms with Crippen LogP contribution in [0, 0.1) is 13.8 Å². The van der Waals surface area contributed by atoms with E-state index < -0.39 is 0 Å². The molecule has 1 N–H and O–H groups in total. The van der Waals surface area contributed by atoms with Crippen molar-refractivity contribution in [3.8, 4) is 0 Å². The highest BCUT2D eigenvalue weighted by molar-refractivity contribution is 7.99. The minimum Gasteiger partial charge on any atom is -0.325 e. The van der Waals surface area contributed by atoms with Crippen LogP contribution < -0.4 is 10.9 Å². The van der Waals surface area contributed by atoms with Crippen molar-refractivity contribution < 1.29 is 4.79 Å². The molecule has 0 aliphatic carbocycles. The molecule has 5 aromatic rings. The van der Waals surface area contributed by atoms with Gasteiger partial charge in [0.1, 0.15) is 0 Å². The molecule has 170 valence electrons. The molecule has 0 saturated carbocycles. The van der Waals surface area contributed by atoms with Gasteiger partial charge in [0.15, 0.2) is 5.16 Å². The molecule has 7 nitrogen and oxygen atoms in total. The molecule has 5 rings (SSSR count). The number of fused-ring (bicyclic) bond motifs is 3. The third-order valence-electron chi connectivity index (χ3n) is 5.69. The Morgan fingerprint density at radius 2 is 1.68 bits per heavy atom. The standard InChI is InChI=1S/C26H23N5O2S/c1-17-11-13-19(14-12-17)15-30-24(33)20-8-4-6-10-22(20)31-25(30)28-29-26(31)34-16-23(32)27-21-9-5-3-7-18(21)2/h3-14H,15-16H2,1-2H3,(H,27,32). The zero-order chi connectivity index (χ0) is 23.7. The van der Waals surface area contributed by atoms with Crippen LogP contribution in [0.25, 0.3) is 16.7 Å². The second kappa shape index (κ2) is 9.15. The highest BCUT2D eigenvalue weighted by Gasteiger charge is 2.18. The molecule has 0 bridgehead atoms. The largest absolute Gasteiger partial charge is 0.325 e. The average Bonchev–Trinajstić information content (AvgIpc) is 3.27. The Hall–Kier alpha value is -3.91. The van der Waals surface area contributed by atoms with Crippen LogP contribution in [0.4, 0.5) is 5.69 Å². The zero-order valence-corrected chi connectivity index (χ0v) is 19.7. The van der Waals surface area contributed by atoms with Crippen LogP contribution in [0.1, 0.15) is 16.7 Å². The maximum atomic E-state index is 13.3. The molecule has 0 spiro atoms. The number of rotatable bonds is 6. The molecule has 34 heavy (non-hydrogen) atoms. The molecule has 0 unspecified atom stereocenters. The van der Waals surface area contributed by atoms with Crippen molar-refractivity contribution in [2.75, 3.05) is 11.1 Å². The Morgan fingerprint density at radius 1 is 0.941 bits per heavy atom. The SMILES string of the molecule is Cc1ccc(Cn2c(=O)c3ccccc3n3c(SCC(=O)Nc4ccccc4C)nnc23)cc1. The van der Waals surface area contributed by atoms with E-state index >= 15 is 0 Å². The molecule has 2 aromatic heterocycles. The van der Waals surface area contributed by atoms with Crippen molar-refractivity contribution in [3.05, 3.63) is 99.8 Å². The van der Waals surface area contributed by atoms with Crippen molar-refractivity contribution in [3.63, 3.8) is 0 Å². The van der Waals surface area contributed by atoms with Crippen LogP contribution in [0.15, 0.2) is 82.7 Å². The Labute approximate surface area is 200 Å². The summed E-state index contributed by atoms with van der Waals surface area (Å²) in [6.07, 6.45) is 0. The number of hydrogen-bond acceptors (Lipinski definition) is 5. The molecular weight excluding hydrogens is 446 g/mol. The highest BCUT2D eigenvalue weighted by Crippen LogP contribution is 2.23. The molecule has 0 fully saturated rings. The summed E-state index contributed by atoms with van der Waals surface area (Å²) in [5.41, 5.74) is 4.54. The van der Waals surface area contributed by atoms with E-state index in [1.807, 2.05) is 91.0 Å². The number of aromatic nitrogens is 4. The molecule has 0 aliphatic heterocycles. The third-order valence-corrected chi connectivity index (χ3v) is 6.62. The Kier molecular flexibility index (Phi) is 5.90. The lowest BCUT2D eigenvalue weighted by Crippen LogP contribution is -2.24. The van der Waals surface area contributed by atoms with E-state index in [4.69, 9.17) is 0 Å². The Balaban J connectivity index is 1.50. The first-order valence-corrected chi connectivity index (χ1v) is 11.9. The number of thioether (sulfide) groups is 1. The summed E-state index contributed by atoms with van der Waals surface area (Å²) in [6.45, 7) is 4.36. The topological polar surface area (TPSA) is 81.3 Å². The minimum atomic E-state index is -0.131. The lowest BCUT2D eigenvalue weighted by molar-refractivity contribution is -0.113. The van der Waals surface area contributed by atoms with Crippen molar-refractivity contribution in [1.29, 1.82) is 0 Å². The van der Waals surface area contributed by atoms with Gasteiger partial charge < -0.3 is 5.32 Å². The number of carbonyl (C=O) groups excluding carboxylic acids is 1. The monoisotopic (exact) mass is 469 g/mol. The lowest BCUT2D eigenvalue weighted by atomic mass is 10.1. The number of hydrogen-bond donors (Lipinski definition) is 1. The Morgan fingerprint density at radius 3 is 2.47 bits per heavy atom. The van der Waals surface area contributed by atoms with Crippen LogP contribution >= 0.6 is 11.8 Å². The average molecular weight is 470 g/mol. The number of nitrogens with zero attached hydrogens (tertiary/aromatic N) is 4. The number of benzene rings is 3. The van der Waals surface area contributed by atoms with Gasteiger partial charge >= 0.3 is 0 Å². The van der Waals surface area contributed by atoms with E-state index in [1.54, 1.807) is 4.57 Å². The summed E-state index contributed by atoms with van der Waals surface area (Å²) >= 11 is 1.29. The summed E-state index contributed by atoms with van der Waals surface area (Å²) in [7, 11) is 0. The number of carbonyl (C=O) groups is 1. The van der Waals surface area contributed by atoms with Gasteiger partial charge in [-0.1, -0.05) is 71.9 Å². The predicted molar refractivity (Wildman–Crippen MR) is 136 cm³/mol. The maximum absolute atomic E-state index is 13.3. The van der Waals surface area contributed by atoms with Gasteiger partial charge in [0.2, 0.25) is 11.7 Å². The highest BCUT2D eigenvalue weighted by atomic mass is 32.2. The van der Waals surface area contributed by atoms with Gasteiger partial charge in [0.05, 0.1) is 23.2 Å². The van der Waals surface area contributed by atoms with Gasteiger partial charge in [0, 0.05) is 5.69 Å². The van der Waals surface area contributed by atoms with Gasteiger partial charge in [-0.15, -0.1) is 10.2 Å². The quantitative estimate of drug-likeness (QED) is 0.372. The van der Waals surface area contributed by atoms with Gasteiger partial charge in [0.25, 0.3) is 5.56 Å². The molecule has 1 amide bonds. The van der Waals surface area contributed by atoms with Crippen molar-refractivity contribution in [2.45, 2.75) is 25.5 Å². The van der Waals surface area contributed by atoms with Crippen molar-refractivity contribution in [2.24, 2.45) is 0 Å². The van der Waals surface area contributed by atoms with E-state index in [0.29, 0.717) is 22.9 Å².